The Bertz CT molecular complexity index is 898. The monoisotopic (exact) mass is 447 g/mol. The zero-order valence-electron chi connectivity index (χ0n) is 16.4. The second-order valence-corrected chi connectivity index (χ2v) is 8.00. The number of rotatable bonds is 11. The van der Waals surface area contributed by atoms with Crippen LogP contribution < -0.4 is 10.2 Å². The standard InChI is InChI=1S/C19H21N5O4S2/c1-2-28-17(27)13-29-19-23-22-18(30-19)21-15(25)9-10-16(26)24(12-6-11-20)14-7-4-3-5-8-14/h3-5,7-8H,2,6,9-10,12-13H2,1H3,(H,21,22,25). The zero-order chi connectivity index (χ0) is 21.8. The highest BCUT2D eigenvalue weighted by atomic mass is 32.2. The van der Waals surface area contributed by atoms with E-state index in [1.165, 1.54) is 16.7 Å². The van der Waals surface area contributed by atoms with Crippen molar-refractivity contribution in [2.45, 2.75) is 30.5 Å². The van der Waals surface area contributed by atoms with Gasteiger partial charge in [-0.15, -0.1) is 10.2 Å². The fourth-order valence-electron chi connectivity index (χ4n) is 2.35. The van der Waals surface area contributed by atoms with Gasteiger partial charge in [-0.2, -0.15) is 5.26 Å². The van der Waals surface area contributed by atoms with Gasteiger partial charge < -0.3 is 15.0 Å². The number of carbonyl (C=O) groups excluding carboxylic acids is 3. The second-order valence-electron chi connectivity index (χ2n) is 5.80. The molecule has 0 bridgehead atoms. The lowest BCUT2D eigenvalue weighted by Gasteiger charge is -2.21. The lowest BCUT2D eigenvalue weighted by Crippen LogP contribution is -2.32. The predicted octanol–water partition coefficient (Wildman–Crippen LogP) is 2.86. The van der Waals surface area contributed by atoms with Crippen molar-refractivity contribution in [1.82, 2.24) is 10.2 Å². The summed E-state index contributed by atoms with van der Waals surface area (Å²) in [7, 11) is 0. The van der Waals surface area contributed by atoms with Crippen LogP contribution in [0.4, 0.5) is 10.8 Å². The normalized spacial score (nSPS) is 10.1. The number of hydrogen-bond donors (Lipinski definition) is 1. The van der Waals surface area contributed by atoms with E-state index in [2.05, 4.69) is 15.5 Å². The molecule has 0 aliphatic rings. The molecule has 0 fully saturated rings. The lowest BCUT2D eigenvalue weighted by atomic mass is 10.2. The van der Waals surface area contributed by atoms with Crippen LogP contribution in [0.15, 0.2) is 34.7 Å². The van der Waals surface area contributed by atoms with E-state index in [4.69, 9.17) is 10.00 Å². The molecule has 2 amide bonds. The van der Waals surface area contributed by atoms with Crippen molar-refractivity contribution in [1.29, 1.82) is 5.26 Å². The molecule has 1 N–H and O–H groups in total. The molecule has 2 rings (SSSR count). The van der Waals surface area contributed by atoms with Gasteiger partial charge >= 0.3 is 5.97 Å². The van der Waals surface area contributed by atoms with Crippen LogP contribution in [0.2, 0.25) is 0 Å². The minimum Gasteiger partial charge on any atom is -0.465 e. The molecular weight excluding hydrogens is 426 g/mol. The van der Waals surface area contributed by atoms with Crippen LogP contribution in [-0.4, -0.2) is 46.9 Å². The van der Waals surface area contributed by atoms with Crippen molar-refractivity contribution >= 4 is 51.7 Å². The number of esters is 1. The minimum absolute atomic E-state index is 0.00454. The molecule has 158 valence electrons. The summed E-state index contributed by atoms with van der Waals surface area (Å²) in [5.41, 5.74) is 0.686. The zero-order valence-corrected chi connectivity index (χ0v) is 18.0. The number of nitrogens with zero attached hydrogens (tertiary/aromatic N) is 4. The molecule has 0 aliphatic carbocycles. The van der Waals surface area contributed by atoms with E-state index < -0.39 is 0 Å². The van der Waals surface area contributed by atoms with Gasteiger partial charge in [0.1, 0.15) is 0 Å². The number of amides is 2. The molecule has 1 aromatic carbocycles. The summed E-state index contributed by atoms with van der Waals surface area (Å²) in [6.45, 7) is 2.31. The van der Waals surface area contributed by atoms with E-state index >= 15 is 0 Å². The number of benzene rings is 1. The maximum atomic E-state index is 12.6. The van der Waals surface area contributed by atoms with Gasteiger partial charge in [0.15, 0.2) is 4.34 Å². The van der Waals surface area contributed by atoms with Gasteiger partial charge in [-0.3, -0.25) is 14.4 Å². The Morgan fingerprint density at radius 1 is 1.23 bits per heavy atom. The fourth-order valence-corrected chi connectivity index (χ4v) is 3.91. The van der Waals surface area contributed by atoms with Crippen LogP contribution in [-0.2, 0) is 19.1 Å². The van der Waals surface area contributed by atoms with E-state index in [0.717, 1.165) is 11.3 Å². The number of nitriles is 1. The largest absolute Gasteiger partial charge is 0.465 e. The third kappa shape index (κ3) is 7.81. The Morgan fingerprint density at radius 3 is 2.70 bits per heavy atom. The smallest absolute Gasteiger partial charge is 0.316 e. The first-order valence-corrected chi connectivity index (χ1v) is 11.0. The molecule has 0 atom stereocenters. The van der Waals surface area contributed by atoms with E-state index in [1.807, 2.05) is 24.3 Å². The van der Waals surface area contributed by atoms with E-state index in [9.17, 15) is 14.4 Å². The van der Waals surface area contributed by atoms with Crippen molar-refractivity contribution in [3.8, 4) is 6.07 Å². The Labute approximate surface area is 182 Å². The molecule has 1 aromatic heterocycles. The van der Waals surface area contributed by atoms with Crippen molar-refractivity contribution in [3.05, 3.63) is 30.3 Å². The maximum absolute atomic E-state index is 12.6. The minimum atomic E-state index is -0.366. The van der Waals surface area contributed by atoms with E-state index in [0.29, 0.717) is 21.8 Å². The molecule has 1 heterocycles. The summed E-state index contributed by atoms with van der Waals surface area (Å²) in [4.78, 5) is 37.6. The van der Waals surface area contributed by atoms with Crippen molar-refractivity contribution in [2.75, 3.05) is 29.1 Å². The second kappa shape index (κ2) is 12.6. The number of anilines is 2. The first-order chi connectivity index (χ1) is 14.5. The summed E-state index contributed by atoms with van der Waals surface area (Å²) < 4.78 is 5.37. The average molecular weight is 448 g/mol. The predicted molar refractivity (Wildman–Crippen MR) is 114 cm³/mol. The average Bonchev–Trinajstić information content (AvgIpc) is 3.19. The molecule has 0 saturated carbocycles. The summed E-state index contributed by atoms with van der Waals surface area (Å²) in [5, 5.41) is 19.5. The van der Waals surface area contributed by atoms with Crippen molar-refractivity contribution in [3.63, 3.8) is 0 Å². The lowest BCUT2D eigenvalue weighted by molar-refractivity contribution is -0.139. The Kier molecular flexibility index (Phi) is 9.76. The van der Waals surface area contributed by atoms with Gasteiger partial charge in [-0.1, -0.05) is 41.3 Å². The summed E-state index contributed by atoms with van der Waals surface area (Å²) in [5.74, 6) is -0.839. The number of hydrogen-bond acceptors (Lipinski definition) is 9. The maximum Gasteiger partial charge on any atom is 0.316 e. The van der Waals surface area contributed by atoms with Gasteiger partial charge in [0.05, 0.1) is 24.8 Å². The third-order valence-corrected chi connectivity index (χ3v) is 5.60. The molecule has 30 heavy (non-hydrogen) atoms. The molecular formula is C19H21N5O4S2. The van der Waals surface area contributed by atoms with Crippen LogP contribution in [0.3, 0.4) is 0 Å². The summed E-state index contributed by atoms with van der Waals surface area (Å²) in [6, 6.07) is 11.0. The number of nitrogens with one attached hydrogen (secondary N) is 1. The van der Waals surface area contributed by atoms with Crippen LogP contribution in [0, 0.1) is 11.3 Å². The first kappa shape index (κ1) is 23.3. The Hall–Kier alpha value is -2.97. The molecule has 2 aromatic rings. The van der Waals surface area contributed by atoms with E-state index in [1.54, 1.807) is 19.1 Å². The summed E-state index contributed by atoms with van der Waals surface area (Å²) in [6.07, 6.45) is 0.166. The van der Waals surface area contributed by atoms with Gasteiger partial charge in [0.25, 0.3) is 0 Å². The molecule has 0 radical (unpaired) electrons. The van der Waals surface area contributed by atoms with Crippen molar-refractivity contribution in [2.24, 2.45) is 0 Å². The Morgan fingerprint density at radius 2 is 2.00 bits per heavy atom. The number of para-hydroxylation sites is 1. The third-order valence-electron chi connectivity index (χ3n) is 3.65. The molecule has 11 heteroatoms. The number of ether oxygens (including phenoxy) is 1. The molecule has 0 aliphatic heterocycles. The van der Waals surface area contributed by atoms with Gasteiger partial charge in [0, 0.05) is 25.1 Å². The highest BCUT2D eigenvalue weighted by molar-refractivity contribution is 8.01. The molecule has 0 saturated heterocycles. The van der Waals surface area contributed by atoms with Crippen LogP contribution in [0.1, 0.15) is 26.2 Å². The fraction of sp³-hybridized carbons (Fsp3) is 0.368. The summed E-state index contributed by atoms with van der Waals surface area (Å²) >= 11 is 2.32. The van der Waals surface area contributed by atoms with Crippen LogP contribution >= 0.6 is 23.1 Å². The first-order valence-electron chi connectivity index (χ1n) is 9.17. The highest BCUT2D eigenvalue weighted by Crippen LogP contribution is 2.25. The highest BCUT2D eigenvalue weighted by Gasteiger charge is 2.17. The Balaban J connectivity index is 1.84. The molecule has 0 unspecified atom stereocenters. The molecule has 9 nitrogen and oxygen atoms in total. The van der Waals surface area contributed by atoms with Gasteiger partial charge in [-0.05, 0) is 19.1 Å². The number of aromatic nitrogens is 2. The number of thioether (sulfide) groups is 1. The van der Waals surface area contributed by atoms with E-state index in [-0.39, 0.29) is 49.3 Å². The van der Waals surface area contributed by atoms with Crippen LogP contribution in [0.25, 0.3) is 0 Å². The van der Waals surface area contributed by atoms with Crippen LogP contribution in [0.5, 0.6) is 0 Å². The van der Waals surface area contributed by atoms with Crippen molar-refractivity contribution < 1.29 is 19.1 Å². The quantitative estimate of drug-likeness (QED) is 0.317. The topological polar surface area (TPSA) is 125 Å². The van der Waals surface area contributed by atoms with Gasteiger partial charge in [-0.25, -0.2) is 0 Å². The molecule has 0 spiro atoms. The van der Waals surface area contributed by atoms with Gasteiger partial charge in [0.2, 0.25) is 16.9 Å². The number of carbonyl (C=O) groups is 3. The SMILES string of the molecule is CCOC(=O)CSc1nnc(NC(=O)CCC(=O)N(CCC#N)c2ccccc2)s1.